The lowest BCUT2D eigenvalue weighted by molar-refractivity contribution is 0.0702. The zero-order valence-electron chi connectivity index (χ0n) is 14.2. The number of rotatable bonds is 4. The maximum Gasteiger partial charge on any atom is 0.244 e. The van der Waals surface area contributed by atoms with Crippen LogP contribution in [0.1, 0.15) is 31.9 Å². The summed E-state index contributed by atoms with van der Waals surface area (Å²) in [5.41, 5.74) is 0.325. The maximum atomic E-state index is 13.0. The summed E-state index contributed by atoms with van der Waals surface area (Å²) in [6.07, 6.45) is 0.506. The second-order valence-electron chi connectivity index (χ2n) is 6.57. The summed E-state index contributed by atoms with van der Waals surface area (Å²) in [7, 11) is -2.41. The minimum absolute atomic E-state index is 0.0179. The number of halogens is 1. The Morgan fingerprint density at radius 2 is 1.96 bits per heavy atom. The molecule has 1 unspecified atom stereocenters. The first-order chi connectivity index (χ1) is 11.7. The average Bonchev–Trinajstić information content (AvgIpc) is 2.53. The molecule has 0 radical (unpaired) electrons. The highest BCUT2D eigenvalue weighted by Crippen LogP contribution is 2.40. The fraction of sp³-hybridized carbons (Fsp3) is 0.333. The highest BCUT2D eigenvalue weighted by molar-refractivity contribution is 7.89. The van der Waals surface area contributed by atoms with Crippen LogP contribution in [0.15, 0.2) is 47.4 Å². The van der Waals surface area contributed by atoms with Gasteiger partial charge in [-0.2, -0.15) is 0 Å². The van der Waals surface area contributed by atoms with Gasteiger partial charge in [-0.05, 0) is 38.1 Å². The predicted molar refractivity (Wildman–Crippen MR) is 96.8 cm³/mol. The van der Waals surface area contributed by atoms with Crippen molar-refractivity contribution in [3.05, 3.63) is 53.1 Å². The Hall–Kier alpha value is -1.76. The van der Waals surface area contributed by atoms with Crippen molar-refractivity contribution < 1.29 is 17.9 Å². The Bertz CT molecular complexity index is 896. The first-order valence-corrected chi connectivity index (χ1v) is 9.72. The Labute approximate surface area is 153 Å². The smallest absolute Gasteiger partial charge is 0.244 e. The van der Waals surface area contributed by atoms with E-state index in [1.54, 1.807) is 12.1 Å². The van der Waals surface area contributed by atoms with Crippen molar-refractivity contribution in [2.75, 3.05) is 7.11 Å². The molecule has 1 aliphatic rings. The van der Waals surface area contributed by atoms with E-state index in [-0.39, 0.29) is 10.6 Å². The molecule has 2 aromatic carbocycles. The third-order valence-corrected chi connectivity index (χ3v) is 5.82. The van der Waals surface area contributed by atoms with Crippen molar-refractivity contribution in [1.29, 1.82) is 0 Å². The van der Waals surface area contributed by atoms with Crippen LogP contribution in [0.4, 0.5) is 0 Å². The van der Waals surface area contributed by atoms with E-state index < -0.39 is 21.7 Å². The van der Waals surface area contributed by atoms with E-state index in [0.717, 1.165) is 5.56 Å². The van der Waals surface area contributed by atoms with Gasteiger partial charge in [-0.15, -0.1) is 0 Å². The molecule has 0 saturated heterocycles. The van der Waals surface area contributed by atoms with Gasteiger partial charge in [-0.3, -0.25) is 0 Å². The molecule has 0 fully saturated rings. The second kappa shape index (κ2) is 6.52. The number of hydrogen-bond donors (Lipinski definition) is 1. The summed E-state index contributed by atoms with van der Waals surface area (Å²) in [5, 5.41) is 0.328. The summed E-state index contributed by atoms with van der Waals surface area (Å²) < 4.78 is 39.8. The van der Waals surface area contributed by atoms with E-state index >= 15 is 0 Å². The van der Waals surface area contributed by atoms with E-state index in [1.165, 1.54) is 13.2 Å². The van der Waals surface area contributed by atoms with E-state index in [9.17, 15) is 8.42 Å². The molecule has 0 aliphatic carbocycles. The van der Waals surface area contributed by atoms with Gasteiger partial charge in [0.25, 0.3) is 0 Å². The molecule has 0 bridgehead atoms. The van der Waals surface area contributed by atoms with E-state index in [0.29, 0.717) is 17.2 Å². The van der Waals surface area contributed by atoms with E-state index in [1.807, 2.05) is 38.1 Å². The van der Waals surface area contributed by atoms with Crippen molar-refractivity contribution in [2.45, 2.75) is 36.8 Å². The molecule has 1 heterocycles. The number of benzene rings is 2. The zero-order chi connectivity index (χ0) is 18.2. The summed E-state index contributed by atoms with van der Waals surface area (Å²) in [5.74, 6) is 0.931. The van der Waals surface area contributed by atoms with Crippen LogP contribution in [0, 0.1) is 0 Å². The number of fused-ring (bicyclic) bond motifs is 1. The van der Waals surface area contributed by atoms with Crippen LogP contribution in [0.3, 0.4) is 0 Å². The van der Waals surface area contributed by atoms with E-state index in [4.69, 9.17) is 21.1 Å². The van der Waals surface area contributed by atoms with Crippen LogP contribution >= 0.6 is 11.6 Å². The van der Waals surface area contributed by atoms with Gasteiger partial charge in [-0.1, -0.05) is 29.8 Å². The van der Waals surface area contributed by atoms with Gasteiger partial charge < -0.3 is 9.47 Å². The van der Waals surface area contributed by atoms with Crippen LogP contribution in [0.5, 0.6) is 11.5 Å². The molecule has 2 aromatic rings. The SMILES string of the molecule is COc1ccc(Cl)cc1S(=O)(=O)NC1CC(C)(C)Oc2ccccc21. The lowest BCUT2D eigenvalue weighted by Gasteiger charge is -2.37. The van der Waals surface area contributed by atoms with Crippen LogP contribution in [-0.4, -0.2) is 21.1 Å². The minimum Gasteiger partial charge on any atom is -0.495 e. The average molecular weight is 382 g/mol. The molecule has 0 spiro atoms. The Balaban J connectivity index is 2.00. The maximum absolute atomic E-state index is 13.0. The molecule has 25 heavy (non-hydrogen) atoms. The van der Waals surface area contributed by atoms with Gasteiger partial charge in [0.2, 0.25) is 10.0 Å². The molecule has 5 nitrogen and oxygen atoms in total. The summed E-state index contributed by atoms with van der Waals surface area (Å²) in [6, 6.07) is 11.6. The van der Waals surface area contributed by atoms with Gasteiger partial charge >= 0.3 is 0 Å². The van der Waals surface area contributed by atoms with Gasteiger partial charge in [-0.25, -0.2) is 13.1 Å². The molecule has 0 amide bonds. The van der Waals surface area contributed by atoms with Crippen molar-refractivity contribution in [2.24, 2.45) is 0 Å². The highest BCUT2D eigenvalue weighted by atomic mass is 35.5. The molecular formula is C18H20ClNO4S. The summed E-state index contributed by atoms with van der Waals surface area (Å²) in [6.45, 7) is 3.87. The van der Waals surface area contributed by atoms with Gasteiger partial charge in [0.1, 0.15) is 22.0 Å². The lowest BCUT2D eigenvalue weighted by Crippen LogP contribution is -2.41. The van der Waals surface area contributed by atoms with Crippen LogP contribution < -0.4 is 14.2 Å². The van der Waals surface area contributed by atoms with Gasteiger partial charge in [0.05, 0.1) is 13.2 Å². The van der Waals surface area contributed by atoms with Crippen LogP contribution in [0.2, 0.25) is 5.02 Å². The molecule has 0 aromatic heterocycles. The zero-order valence-corrected chi connectivity index (χ0v) is 15.8. The molecule has 7 heteroatoms. The van der Waals surface area contributed by atoms with Crippen molar-refractivity contribution in [3.63, 3.8) is 0 Å². The fourth-order valence-corrected chi connectivity index (χ4v) is 4.67. The molecule has 1 aliphatic heterocycles. The van der Waals surface area contributed by atoms with Gasteiger partial charge in [0.15, 0.2) is 0 Å². The Kier molecular flexibility index (Phi) is 4.70. The standard InChI is InChI=1S/C18H20ClNO4S/c1-18(2)11-14(13-6-4-5-7-15(13)24-18)20-25(21,22)17-10-12(19)8-9-16(17)23-3/h4-10,14,20H,11H2,1-3H3. The van der Waals surface area contributed by atoms with Gasteiger partial charge in [0, 0.05) is 17.0 Å². The lowest BCUT2D eigenvalue weighted by atomic mass is 9.90. The van der Waals surface area contributed by atoms with Crippen LogP contribution in [0.25, 0.3) is 0 Å². The minimum atomic E-state index is -3.83. The number of nitrogens with one attached hydrogen (secondary N) is 1. The normalized spacial score (nSPS) is 19.0. The van der Waals surface area contributed by atoms with Crippen molar-refractivity contribution >= 4 is 21.6 Å². The predicted octanol–water partition coefficient (Wildman–Crippen LogP) is 3.93. The number of ether oxygens (including phenoxy) is 2. The van der Waals surface area contributed by atoms with Crippen molar-refractivity contribution in [1.82, 2.24) is 4.72 Å². The van der Waals surface area contributed by atoms with E-state index in [2.05, 4.69) is 4.72 Å². The number of sulfonamides is 1. The first-order valence-electron chi connectivity index (χ1n) is 7.86. The number of methoxy groups -OCH3 is 1. The first kappa shape index (κ1) is 18.0. The quantitative estimate of drug-likeness (QED) is 0.871. The monoisotopic (exact) mass is 381 g/mol. The Morgan fingerprint density at radius 1 is 1.24 bits per heavy atom. The Morgan fingerprint density at radius 3 is 2.68 bits per heavy atom. The largest absolute Gasteiger partial charge is 0.495 e. The molecule has 1 atom stereocenters. The summed E-state index contributed by atoms with van der Waals surface area (Å²) in [4.78, 5) is 0.0179. The second-order valence-corrected chi connectivity index (χ2v) is 8.69. The van der Waals surface area contributed by atoms with Crippen LogP contribution in [-0.2, 0) is 10.0 Å². The van der Waals surface area contributed by atoms with Crippen molar-refractivity contribution in [3.8, 4) is 11.5 Å². The third-order valence-electron chi connectivity index (χ3n) is 4.09. The molecule has 134 valence electrons. The molecular weight excluding hydrogens is 362 g/mol. The fourth-order valence-electron chi connectivity index (χ4n) is 3.02. The highest BCUT2D eigenvalue weighted by Gasteiger charge is 2.36. The number of para-hydroxylation sites is 1. The molecule has 3 rings (SSSR count). The topological polar surface area (TPSA) is 64.6 Å². The third kappa shape index (κ3) is 3.76. The number of hydrogen-bond acceptors (Lipinski definition) is 4. The molecule has 1 N–H and O–H groups in total. The molecule has 0 saturated carbocycles. The summed E-state index contributed by atoms with van der Waals surface area (Å²) >= 11 is 5.98.